The molecule has 0 fully saturated rings. The monoisotopic (exact) mass is 536 g/mol. The molecule has 0 aromatic heterocycles. The van der Waals surface area contributed by atoms with Gasteiger partial charge in [0.2, 0.25) is 0 Å². The number of hydrogen-bond donors (Lipinski definition) is 1. The summed E-state index contributed by atoms with van der Waals surface area (Å²) < 4.78 is 35.8. The molecule has 13 heteroatoms. The minimum Gasteiger partial charge on any atom is -0.872 e. The first-order chi connectivity index (χ1) is 15.3. The zero-order valence-electron chi connectivity index (χ0n) is 20.2. The van der Waals surface area contributed by atoms with Crippen LogP contribution in [0.3, 0.4) is 0 Å². The fourth-order valence-corrected chi connectivity index (χ4v) is 4.20. The van der Waals surface area contributed by atoms with E-state index in [-0.39, 0.29) is 122 Å². The number of carbonyl (C=O) groups is 3. The van der Waals surface area contributed by atoms with E-state index in [1.807, 2.05) is 0 Å². The van der Waals surface area contributed by atoms with Gasteiger partial charge in [-0.15, -0.1) is 0 Å². The second kappa shape index (κ2) is 13.7. The second-order valence-electron chi connectivity index (χ2n) is 7.26. The van der Waals surface area contributed by atoms with Gasteiger partial charge in [-0.25, -0.2) is 13.2 Å². The molecule has 0 bridgehead atoms. The summed E-state index contributed by atoms with van der Waals surface area (Å²) in [5.41, 5.74) is -1.49. The predicted molar refractivity (Wildman–Crippen MR) is 110 cm³/mol. The third-order valence-electron chi connectivity index (χ3n) is 5.00. The number of carboxylic acid groups (broad SMARTS) is 2. The molecule has 2 aromatic rings. The molecule has 1 N–H and O–H groups in total. The topological polar surface area (TPSA) is 175 Å². The van der Waals surface area contributed by atoms with Gasteiger partial charge in [0.05, 0.1) is 10.9 Å². The Morgan fingerprint density at radius 2 is 1.53 bits per heavy atom. The number of aryl methyl sites for hydroxylation is 1. The van der Waals surface area contributed by atoms with Crippen LogP contribution in [0, 0.1) is 6.92 Å². The Bertz CT molecular complexity index is 1440. The fraction of sp³-hybridized carbons (Fsp3) is 0.0870. The molecule has 0 saturated heterocycles. The van der Waals surface area contributed by atoms with Crippen molar-refractivity contribution in [2.45, 2.75) is 18.7 Å². The molecule has 1 aliphatic carbocycles. The standard InChI is InChI=1S/C23H18O9S.3Na/c1-11-7-13(9-16(20(11)24)22(26)27)19(15-5-3-4-6-18(15)33(30,31)32)14-8-12(2)21(25)17(10-14)23(28)29;;;/h3-10,24H,1-2H3,(H,26,27)(H,28,29)(H,30,31,32);;;/q;3*+1/p-3/b19-14+;;;. The molecule has 0 amide bonds. The zero-order valence-corrected chi connectivity index (χ0v) is 27.1. The Kier molecular flexibility index (Phi) is 13.3. The van der Waals surface area contributed by atoms with Gasteiger partial charge in [0.25, 0.3) is 0 Å². The first-order valence-corrected chi connectivity index (χ1v) is 10.7. The Labute approximate surface area is 273 Å². The van der Waals surface area contributed by atoms with Crippen LogP contribution in [0.5, 0.6) is 5.75 Å². The van der Waals surface area contributed by atoms with E-state index in [0.717, 1.165) is 18.2 Å². The number of benzene rings is 2. The number of Topliss-reactive ketones (excluding diaryl/α,β-unsaturated/α-hetero) is 1. The van der Waals surface area contributed by atoms with E-state index in [9.17, 15) is 42.7 Å². The number of carbonyl (C=O) groups excluding carboxylic acids is 2. The van der Waals surface area contributed by atoms with Crippen molar-refractivity contribution in [1.82, 2.24) is 0 Å². The Balaban J connectivity index is 0.00000408. The average Bonchev–Trinajstić information content (AvgIpc) is 2.72. The summed E-state index contributed by atoms with van der Waals surface area (Å²) in [5, 5.41) is 33.2. The maximum Gasteiger partial charge on any atom is 1.00 e. The molecule has 0 unspecified atom stereocenters. The molecule has 0 heterocycles. The largest absolute Gasteiger partial charge is 1.00 e. The van der Waals surface area contributed by atoms with E-state index < -0.39 is 49.6 Å². The van der Waals surface area contributed by atoms with Crippen LogP contribution in [0.1, 0.15) is 34.0 Å². The van der Waals surface area contributed by atoms with E-state index in [1.54, 1.807) is 0 Å². The third-order valence-corrected chi connectivity index (χ3v) is 5.90. The van der Waals surface area contributed by atoms with Crippen molar-refractivity contribution in [1.29, 1.82) is 0 Å². The van der Waals surface area contributed by atoms with Crippen LogP contribution >= 0.6 is 0 Å². The molecule has 0 spiro atoms. The van der Waals surface area contributed by atoms with Gasteiger partial charge >= 0.3 is 94.6 Å². The van der Waals surface area contributed by atoms with Crippen molar-refractivity contribution in [3.63, 3.8) is 0 Å². The summed E-state index contributed by atoms with van der Waals surface area (Å²) in [6.07, 6.45) is 2.29. The first-order valence-electron chi connectivity index (χ1n) is 9.34. The van der Waals surface area contributed by atoms with Crippen LogP contribution in [0.4, 0.5) is 0 Å². The van der Waals surface area contributed by atoms with E-state index in [4.69, 9.17) is 0 Å². The number of aromatic carboxylic acids is 1. The number of allylic oxidation sites excluding steroid dienone is 4. The van der Waals surface area contributed by atoms with Crippen LogP contribution < -0.4 is 98.9 Å². The molecule has 3 rings (SSSR count). The molecule has 9 nitrogen and oxygen atoms in total. The van der Waals surface area contributed by atoms with Crippen LogP contribution in [0.25, 0.3) is 5.57 Å². The van der Waals surface area contributed by atoms with Crippen LogP contribution in [-0.2, 0) is 19.7 Å². The van der Waals surface area contributed by atoms with Crippen molar-refractivity contribution in [2.75, 3.05) is 0 Å². The van der Waals surface area contributed by atoms with Gasteiger partial charge in [-0.3, -0.25) is 4.79 Å². The number of hydrogen-bond acceptors (Lipinski definition) is 8. The van der Waals surface area contributed by atoms with Crippen LogP contribution in [-0.4, -0.2) is 35.8 Å². The number of carboxylic acids is 2. The minimum atomic E-state index is -5.02. The Morgan fingerprint density at radius 3 is 2.06 bits per heavy atom. The summed E-state index contributed by atoms with van der Waals surface area (Å²) in [5.74, 6) is -4.89. The van der Waals surface area contributed by atoms with Crippen LogP contribution in [0.2, 0.25) is 0 Å². The summed E-state index contributed by atoms with van der Waals surface area (Å²) in [6, 6.07) is 7.28. The summed E-state index contributed by atoms with van der Waals surface area (Å²) in [7, 11) is -5.02. The van der Waals surface area contributed by atoms with E-state index in [2.05, 4.69) is 0 Å². The SMILES string of the molecule is CC1=C/C(=C(/c2cc(C)c([O-])c(C(=O)[O-])c2)c2ccccc2S(=O)(=O)[O-])C=C(C(=O)O)C1=O.[Na+].[Na+].[Na+]. The quantitative estimate of drug-likeness (QED) is 0.221. The zero-order chi connectivity index (χ0) is 24.7. The first kappa shape index (κ1) is 35.0. The van der Waals surface area contributed by atoms with Crippen molar-refractivity contribution in [3.05, 3.63) is 87.5 Å². The number of ketones is 1. The average molecular weight is 536 g/mol. The Morgan fingerprint density at radius 1 is 0.944 bits per heavy atom. The van der Waals surface area contributed by atoms with Crippen molar-refractivity contribution >= 4 is 33.4 Å². The van der Waals surface area contributed by atoms with Crippen LogP contribution in [0.15, 0.2) is 70.2 Å². The maximum absolute atomic E-state index is 12.3. The van der Waals surface area contributed by atoms with Gasteiger partial charge in [-0.1, -0.05) is 35.6 Å². The van der Waals surface area contributed by atoms with Gasteiger partial charge in [-0.2, -0.15) is 0 Å². The molecule has 2 aromatic carbocycles. The van der Waals surface area contributed by atoms with E-state index in [0.29, 0.717) is 0 Å². The van der Waals surface area contributed by atoms with Gasteiger partial charge in [-0.05, 0) is 66.0 Å². The molecule has 36 heavy (non-hydrogen) atoms. The summed E-state index contributed by atoms with van der Waals surface area (Å²) in [6.45, 7) is 2.69. The van der Waals surface area contributed by atoms with E-state index in [1.165, 1.54) is 44.2 Å². The van der Waals surface area contributed by atoms with Gasteiger partial charge < -0.3 is 24.7 Å². The van der Waals surface area contributed by atoms with Gasteiger partial charge in [0, 0.05) is 5.56 Å². The molecular weight excluding hydrogens is 521 g/mol. The molecule has 0 saturated carbocycles. The molecule has 0 atom stereocenters. The van der Waals surface area contributed by atoms with Crippen molar-refractivity contribution in [2.24, 2.45) is 0 Å². The smallest absolute Gasteiger partial charge is 0.872 e. The molecule has 170 valence electrons. The maximum atomic E-state index is 12.3. The minimum absolute atomic E-state index is 0. The van der Waals surface area contributed by atoms with Gasteiger partial charge in [0.1, 0.15) is 15.7 Å². The molecule has 1 aliphatic rings. The second-order valence-corrected chi connectivity index (χ2v) is 8.61. The van der Waals surface area contributed by atoms with Gasteiger partial charge in [0.15, 0.2) is 5.78 Å². The Hall–Kier alpha value is -1.02. The molecule has 0 aliphatic heterocycles. The van der Waals surface area contributed by atoms with Crippen molar-refractivity contribution in [3.8, 4) is 5.75 Å². The summed E-state index contributed by atoms with van der Waals surface area (Å²) >= 11 is 0. The third kappa shape index (κ3) is 7.30. The molecular formula is C23H15Na3O9S. The van der Waals surface area contributed by atoms with Crippen molar-refractivity contribution < 1.29 is 131 Å². The van der Waals surface area contributed by atoms with E-state index >= 15 is 0 Å². The number of rotatable bonds is 5. The normalized spacial score (nSPS) is 14.2. The molecule has 0 radical (unpaired) electrons. The summed E-state index contributed by atoms with van der Waals surface area (Å²) in [4.78, 5) is 34.7. The number of aliphatic carboxylic acids is 1. The predicted octanol–water partition coefficient (Wildman–Crippen LogP) is -8.31. The fourth-order valence-electron chi connectivity index (χ4n) is 3.52.